The van der Waals surface area contributed by atoms with Gasteiger partial charge in [0.1, 0.15) is 6.04 Å². The van der Waals surface area contributed by atoms with Gasteiger partial charge in [0.2, 0.25) is 0 Å². The predicted octanol–water partition coefficient (Wildman–Crippen LogP) is 3.94. The van der Waals surface area contributed by atoms with E-state index in [4.69, 9.17) is 4.74 Å². The molecule has 2 aromatic carbocycles. The molecule has 1 N–H and O–H groups in total. The normalized spacial score (nSPS) is 12.5. The lowest BCUT2D eigenvalue weighted by molar-refractivity contribution is -0.142. The van der Waals surface area contributed by atoms with E-state index >= 15 is 0 Å². The molecule has 0 aliphatic carbocycles. The minimum Gasteiger partial charge on any atom is -0.467 e. The second-order valence-electron chi connectivity index (χ2n) is 6.07. The number of esters is 1. The molecule has 5 heteroatoms. The monoisotopic (exact) mass is 378 g/mol. The van der Waals surface area contributed by atoms with Gasteiger partial charge in [-0.05, 0) is 44.2 Å². The average Bonchev–Trinajstić information content (AvgIpc) is 2.75. The zero-order chi connectivity index (χ0) is 20.4. The van der Waals surface area contributed by atoms with Crippen molar-refractivity contribution in [3.05, 3.63) is 90.2 Å². The van der Waals surface area contributed by atoms with Crippen molar-refractivity contribution in [2.24, 2.45) is 0 Å². The molecule has 0 fully saturated rings. The fourth-order valence-corrected chi connectivity index (χ4v) is 2.82. The average molecular weight is 378 g/mol. The lowest BCUT2D eigenvalue weighted by Crippen LogP contribution is -2.49. The summed E-state index contributed by atoms with van der Waals surface area (Å²) in [6.07, 6.45) is 5.85. The fraction of sp³-hybridized carbons (Fsp3) is 0.217. The molecule has 0 aliphatic heterocycles. The van der Waals surface area contributed by atoms with Crippen molar-refractivity contribution in [1.29, 1.82) is 0 Å². The van der Waals surface area contributed by atoms with Crippen molar-refractivity contribution in [1.82, 2.24) is 5.32 Å². The second kappa shape index (κ2) is 10.7. The Morgan fingerprint density at radius 2 is 1.64 bits per heavy atom. The van der Waals surface area contributed by atoms with Gasteiger partial charge < -0.3 is 15.0 Å². The number of anilines is 1. The van der Waals surface area contributed by atoms with Crippen molar-refractivity contribution in [2.45, 2.75) is 19.9 Å². The van der Waals surface area contributed by atoms with Gasteiger partial charge in [-0.3, -0.25) is 4.79 Å². The van der Waals surface area contributed by atoms with Crippen molar-refractivity contribution in [3.63, 3.8) is 0 Å². The van der Waals surface area contributed by atoms with Crippen LogP contribution < -0.4 is 10.2 Å². The van der Waals surface area contributed by atoms with Gasteiger partial charge in [0.05, 0.1) is 13.7 Å². The molecule has 28 heavy (non-hydrogen) atoms. The van der Waals surface area contributed by atoms with Crippen LogP contribution in [0.25, 0.3) is 0 Å². The Morgan fingerprint density at radius 1 is 1.04 bits per heavy atom. The van der Waals surface area contributed by atoms with Gasteiger partial charge in [-0.25, -0.2) is 4.79 Å². The zero-order valence-electron chi connectivity index (χ0n) is 16.5. The van der Waals surface area contributed by atoms with Gasteiger partial charge in [0, 0.05) is 16.9 Å². The molecule has 0 bridgehead atoms. The summed E-state index contributed by atoms with van der Waals surface area (Å²) in [7, 11) is 1.32. The predicted molar refractivity (Wildman–Crippen MR) is 112 cm³/mol. The molecule has 0 aromatic heterocycles. The zero-order valence-corrected chi connectivity index (χ0v) is 16.5. The quantitative estimate of drug-likeness (QED) is 0.558. The summed E-state index contributed by atoms with van der Waals surface area (Å²) in [5.41, 5.74) is 2.32. The maximum absolute atomic E-state index is 12.6. The maximum Gasteiger partial charge on any atom is 0.330 e. The maximum atomic E-state index is 12.6. The summed E-state index contributed by atoms with van der Waals surface area (Å²) >= 11 is 0. The SMILES string of the molecule is C/C=C\C(=C/C)N(CC(NC(=O)c1ccccc1)C(=O)OC)c1ccccc1. The van der Waals surface area contributed by atoms with Crippen LogP contribution in [-0.2, 0) is 9.53 Å². The first-order valence-electron chi connectivity index (χ1n) is 9.16. The molecular formula is C23H26N2O3. The number of nitrogens with one attached hydrogen (secondary N) is 1. The summed E-state index contributed by atoms with van der Waals surface area (Å²) < 4.78 is 4.94. The molecule has 1 unspecified atom stereocenters. The number of methoxy groups -OCH3 is 1. The third-order valence-electron chi connectivity index (χ3n) is 4.20. The molecular weight excluding hydrogens is 352 g/mol. The van der Waals surface area contributed by atoms with Gasteiger partial charge in [0.15, 0.2) is 0 Å². The van der Waals surface area contributed by atoms with Crippen LogP contribution in [0.2, 0.25) is 0 Å². The Morgan fingerprint density at radius 3 is 2.18 bits per heavy atom. The highest BCUT2D eigenvalue weighted by molar-refractivity contribution is 5.96. The first kappa shape index (κ1) is 21.0. The Labute approximate surface area is 166 Å². The molecule has 0 radical (unpaired) electrons. The molecule has 1 atom stereocenters. The Hall–Kier alpha value is -3.34. The van der Waals surface area contributed by atoms with Crippen LogP contribution >= 0.6 is 0 Å². The van der Waals surface area contributed by atoms with Crippen molar-refractivity contribution >= 4 is 17.6 Å². The summed E-state index contributed by atoms with van der Waals surface area (Å²) in [5.74, 6) is -0.821. The first-order valence-corrected chi connectivity index (χ1v) is 9.16. The van der Waals surface area contributed by atoms with E-state index in [-0.39, 0.29) is 12.5 Å². The van der Waals surface area contributed by atoms with Crippen LogP contribution in [0.5, 0.6) is 0 Å². The van der Waals surface area contributed by atoms with E-state index in [0.717, 1.165) is 11.4 Å². The number of nitrogens with zero attached hydrogens (tertiary/aromatic N) is 1. The Balaban J connectivity index is 2.32. The highest BCUT2D eigenvalue weighted by atomic mass is 16.5. The first-order chi connectivity index (χ1) is 13.6. The number of amides is 1. The number of allylic oxidation sites excluding steroid dienone is 3. The number of ether oxygens (including phenoxy) is 1. The Bertz CT molecular complexity index is 829. The van der Waals surface area contributed by atoms with Gasteiger partial charge in [0.25, 0.3) is 5.91 Å². The van der Waals surface area contributed by atoms with Crippen molar-refractivity contribution in [2.75, 3.05) is 18.6 Å². The Kier molecular flexibility index (Phi) is 8.03. The number of rotatable bonds is 8. The lowest BCUT2D eigenvalue weighted by Gasteiger charge is -2.29. The lowest BCUT2D eigenvalue weighted by atomic mass is 10.1. The van der Waals surface area contributed by atoms with Crippen molar-refractivity contribution in [3.8, 4) is 0 Å². The third-order valence-corrected chi connectivity index (χ3v) is 4.20. The van der Waals surface area contributed by atoms with Crippen LogP contribution in [0.4, 0.5) is 5.69 Å². The van der Waals surface area contributed by atoms with E-state index in [1.54, 1.807) is 24.3 Å². The molecule has 0 spiro atoms. The minimum atomic E-state index is -0.835. The number of carbonyl (C=O) groups excluding carboxylic acids is 2. The third kappa shape index (κ3) is 5.58. The molecule has 0 saturated heterocycles. The van der Waals surface area contributed by atoms with E-state index < -0.39 is 12.0 Å². The van der Waals surface area contributed by atoms with Crippen LogP contribution in [0.1, 0.15) is 24.2 Å². The molecule has 0 heterocycles. The van der Waals surface area contributed by atoms with E-state index in [1.165, 1.54) is 7.11 Å². The number of carbonyl (C=O) groups is 2. The highest BCUT2D eigenvalue weighted by Gasteiger charge is 2.26. The van der Waals surface area contributed by atoms with Crippen LogP contribution in [0, 0.1) is 0 Å². The fourth-order valence-electron chi connectivity index (χ4n) is 2.82. The minimum absolute atomic E-state index is 0.235. The van der Waals surface area contributed by atoms with E-state index in [2.05, 4.69) is 5.32 Å². The van der Waals surface area contributed by atoms with Crippen LogP contribution in [0.3, 0.4) is 0 Å². The largest absolute Gasteiger partial charge is 0.467 e. The molecule has 2 rings (SSSR count). The van der Waals surface area contributed by atoms with Gasteiger partial charge in [-0.2, -0.15) is 0 Å². The topological polar surface area (TPSA) is 58.6 Å². The van der Waals surface area contributed by atoms with Gasteiger partial charge in [-0.15, -0.1) is 0 Å². The number of hydrogen-bond acceptors (Lipinski definition) is 4. The summed E-state index contributed by atoms with van der Waals surface area (Å²) in [6.45, 7) is 4.10. The summed E-state index contributed by atoms with van der Waals surface area (Å²) in [4.78, 5) is 27.0. The smallest absolute Gasteiger partial charge is 0.330 e. The number of para-hydroxylation sites is 1. The van der Waals surface area contributed by atoms with Gasteiger partial charge >= 0.3 is 5.97 Å². The highest BCUT2D eigenvalue weighted by Crippen LogP contribution is 2.20. The molecule has 0 saturated carbocycles. The van der Waals surface area contributed by atoms with E-state index in [9.17, 15) is 9.59 Å². The van der Waals surface area contributed by atoms with Gasteiger partial charge in [-0.1, -0.05) is 48.6 Å². The second-order valence-corrected chi connectivity index (χ2v) is 6.07. The summed E-state index contributed by atoms with van der Waals surface area (Å²) in [6, 6.07) is 17.7. The van der Waals surface area contributed by atoms with Crippen LogP contribution in [-0.4, -0.2) is 31.6 Å². The van der Waals surface area contributed by atoms with Crippen LogP contribution in [0.15, 0.2) is 84.6 Å². The van der Waals surface area contributed by atoms with E-state index in [1.807, 2.05) is 73.4 Å². The molecule has 5 nitrogen and oxygen atoms in total. The van der Waals surface area contributed by atoms with E-state index in [0.29, 0.717) is 5.56 Å². The molecule has 1 amide bonds. The summed E-state index contributed by atoms with van der Waals surface area (Å²) in [5, 5.41) is 2.80. The molecule has 0 aliphatic rings. The van der Waals surface area contributed by atoms with Crippen molar-refractivity contribution < 1.29 is 14.3 Å². The standard InChI is InChI=1S/C23H26N2O3/c1-4-12-19(5-2)25(20-15-10-7-11-16-20)17-21(23(27)28-3)24-22(26)18-13-8-6-9-14-18/h4-16,21H,17H2,1-3H3,(H,24,26)/b12-4-,19-5+. The number of benzene rings is 2. The molecule has 2 aromatic rings. The number of hydrogen-bond donors (Lipinski definition) is 1. The molecule has 146 valence electrons.